The average Bonchev–Trinajstić information content (AvgIpc) is 2.69. The van der Waals surface area contributed by atoms with Gasteiger partial charge in [-0.3, -0.25) is 4.98 Å². The van der Waals surface area contributed by atoms with Crippen molar-refractivity contribution in [3.8, 4) is 22.8 Å². The van der Waals surface area contributed by atoms with Gasteiger partial charge in [-0.05, 0) is 30.3 Å². The number of nitrogens with zero attached hydrogens (tertiary/aromatic N) is 3. The predicted molar refractivity (Wildman–Crippen MR) is 94.7 cm³/mol. The van der Waals surface area contributed by atoms with Crippen molar-refractivity contribution in [2.24, 2.45) is 0 Å². The van der Waals surface area contributed by atoms with E-state index in [0.29, 0.717) is 19.1 Å². The third-order valence-electron chi connectivity index (χ3n) is 3.93. The maximum atomic E-state index is 5.95. The molecule has 4 rings (SSSR count). The molecular weight excluding hydrogens is 316 g/mol. The fourth-order valence-corrected chi connectivity index (χ4v) is 2.67. The largest absolute Gasteiger partial charge is 0.486 e. The van der Waals surface area contributed by atoms with Crippen LogP contribution in [-0.2, 0) is 0 Å². The molecule has 3 heterocycles. The Hall–Kier alpha value is -3.15. The van der Waals surface area contributed by atoms with E-state index in [1.807, 2.05) is 42.5 Å². The van der Waals surface area contributed by atoms with Crippen LogP contribution >= 0.6 is 0 Å². The van der Waals surface area contributed by atoms with Crippen molar-refractivity contribution in [1.82, 2.24) is 15.0 Å². The van der Waals surface area contributed by atoms with Crippen LogP contribution in [0.25, 0.3) is 11.3 Å². The van der Waals surface area contributed by atoms with Gasteiger partial charge >= 0.3 is 0 Å². The number of benzene rings is 1. The molecule has 1 unspecified atom stereocenters. The molecule has 0 saturated heterocycles. The normalized spacial score (nSPS) is 15.6. The first-order valence-corrected chi connectivity index (χ1v) is 8.24. The highest BCUT2D eigenvalue weighted by Crippen LogP contribution is 2.31. The van der Waals surface area contributed by atoms with E-state index >= 15 is 0 Å². The highest BCUT2D eigenvalue weighted by Gasteiger charge is 2.20. The summed E-state index contributed by atoms with van der Waals surface area (Å²) >= 11 is 0. The maximum absolute atomic E-state index is 5.95. The van der Waals surface area contributed by atoms with Gasteiger partial charge < -0.3 is 14.8 Å². The third kappa shape index (κ3) is 3.68. The Morgan fingerprint density at radius 1 is 1.04 bits per heavy atom. The molecule has 0 aliphatic carbocycles. The molecule has 1 N–H and O–H groups in total. The summed E-state index contributed by atoms with van der Waals surface area (Å²) in [6, 6.07) is 13.5. The van der Waals surface area contributed by atoms with Crippen molar-refractivity contribution in [3.63, 3.8) is 0 Å². The van der Waals surface area contributed by atoms with Crippen molar-refractivity contribution in [2.45, 2.75) is 12.5 Å². The topological polar surface area (TPSA) is 69.2 Å². The van der Waals surface area contributed by atoms with E-state index in [0.717, 1.165) is 29.2 Å². The lowest BCUT2D eigenvalue weighted by Gasteiger charge is -2.26. The Kier molecular flexibility index (Phi) is 4.41. The molecule has 1 atom stereocenters. The summed E-state index contributed by atoms with van der Waals surface area (Å²) in [7, 11) is 0. The smallest absolute Gasteiger partial charge is 0.223 e. The van der Waals surface area contributed by atoms with E-state index in [9.17, 15) is 0 Å². The summed E-state index contributed by atoms with van der Waals surface area (Å²) in [5.41, 5.74) is 1.81. The summed E-state index contributed by atoms with van der Waals surface area (Å²) < 4.78 is 11.7. The van der Waals surface area contributed by atoms with Gasteiger partial charge in [-0.15, -0.1) is 0 Å². The van der Waals surface area contributed by atoms with Gasteiger partial charge in [-0.1, -0.05) is 12.1 Å². The SMILES string of the molecule is c1cncc(-c2ccnc(NCCC3COc4ccccc4O3)n2)c1. The van der Waals surface area contributed by atoms with Gasteiger partial charge in [0, 0.05) is 37.1 Å². The zero-order valence-corrected chi connectivity index (χ0v) is 13.6. The van der Waals surface area contributed by atoms with Crippen molar-refractivity contribution in [2.75, 3.05) is 18.5 Å². The second kappa shape index (κ2) is 7.17. The summed E-state index contributed by atoms with van der Waals surface area (Å²) in [4.78, 5) is 12.9. The molecule has 6 heteroatoms. The highest BCUT2D eigenvalue weighted by atomic mass is 16.6. The fraction of sp³-hybridized carbons (Fsp3) is 0.211. The molecule has 0 saturated carbocycles. The number of hydrogen-bond donors (Lipinski definition) is 1. The first-order chi connectivity index (χ1) is 12.4. The van der Waals surface area contributed by atoms with Crippen LogP contribution in [0.4, 0.5) is 5.95 Å². The van der Waals surface area contributed by atoms with Crippen molar-refractivity contribution >= 4 is 5.95 Å². The average molecular weight is 334 g/mol. The summed E-state index contributed by atoms with van der Waals surface area (Å²) in [6.07, 6.45) is 6.09. The minimum Gasteiger partial charge on any atom is -0.486 e. The van der Waals surface area contributed by atoms with E-state index in [1.54, 1.807) is 18.6 Å². The van der Waals surface area contributed by atoms with Crippen LogP contribution in [0.15, 0.2) is 61.1 Å². The van der Waals surface area contributed by atoms with Crippen LogP contribution in [0.2, 0.25) is 0 Å². The first kappa shape index (κ1) is 15.4. The molecule has 0 bridgehead atoms. The van der Waals surface area contributed by atoms with Gasteiger partial charge in [-0.25, -0.2) is 9.97 Å². The Morgan fingerprint density at radius 2 is 1.96 bits per heavy atom. The highest BCUT2D eigenvalue weighted by molar-refractivity contribution is 5.58. The molecule has 25 heavy (non-hydrogen) atoms. The zero-order valence-electron chi connectivity index (χ0n) is 13.6. The van der Waals surface area contributed by atoms with E-state index in [-0.39, 0.29) is 6.10 Å². The third-order valence-corrected chi connectivity index (χ3v) is 3.93. The molecule has 0 fully saturated rings. The van der Waals surface area contributed by atoms with E-state index in [4.69, 9.17) is 9.47 Å². The molecule has 1 aliphatic rings. The Balaban J connectivity index is 1.34. The number of fused-ring (bicyclic) bond motifs is 1. The van der Waals surface area contributed by atoms with Crippen molar-refractivity contribution in [1.29, 1.82) is 0 Å². The van der Waals surface area contributed by atoms with Crippen LogP contribution in [0, 0.1) is 0 Å². The summed E-state index contributed by atoms with van der Waals surface area (Å²) in [5.74, 6) is 2.20. The lowest BCUT2D eigenvalue weighted by molar-refractivity contribution is 0.0873. The van der Waals surface area contributed by atoms with Crippen molar-refractivity contribution < 1.29 is 9.47 Å². The molecule has 2 aromatic heterocycles. The summed E-state index contributed by atoms with van der Waals surface area (Å²) in [6.45, 7) is 1.25. The van der Waals surface area contributed by atoms with Gasteiger partial charge in [0.05, 0.1) is 5.69 Å². The quantitative estimate of drug-likeness (QED) is 0.773. The lowest BCUT2D eigenvalue weighted by atomic mass is 10.2. The minimum absolute atomic E-state index is 0.0175. The number of anilines is 1. The summed E-state index contributed by atoms with van der Waals surface area (Å²) in [5, 5.41) is 3.25. The standard InChI is InChI=1S/C19H18N4O2/c1-2-6-18-17(5-1)24-13-15(25-18)7-10-21-19-22-11-8-16(23-19)14-4-3-9-20-12-14/h1-6,8-9,11-12,15H,7,10,13H2,(H,21,22,23). The van der Waals surface area contributed by atoms with E-state index in [1.165, 1.54) is 0 Å². The number of pyridine rings is 1. The monoisotopic (exact) mass is 334 g/mol. The van der Waals surface area contributed by atoms with Gasteiger partial charge in [0.15, 0.2) is 11.5 Å². The molecular formula is C19H18N4O2. The zero-order chi connectivity index (χ0) is 16.9. The molecule has 6 nitrogen and oxygen atoms in total. The number of hydrogen-bond acceptors (Lipinski definition) is 6. The molecule has 1 aliphatic heterocycles. The lowest BCUT2D eigenvalue weighted by Crippen LogP contribution is -2.31. The number of ether oxygens (including phenoxy) is 2. The number of aromatic nitrogens is 3. The number of nitrogens with one attached hydrogen (secondary N) is 1. The van der Waals surface area contributed by atoms with Crippen LogP contribution in [-0.4, -0.2) is 34.2 Å². The molecule has 1 aromatic carbocycles. The van der Waals surface area contributed by atoms with Gasteiger partial charge in [0.1, 0.15) is 12.7 Å². The fourth-order valence-electron chi connectivity index (χ4n) is 2.67. The van der Waals surface area contributed by atoms with Crippen LogP contribution in [0.5, 0.6) is 11.5 Å². The van der Waals surface area contributed by atoms with Crippen LogP contribution < -0.4 is 14.8 Å². The number of rotatable bonds is 5. The van der Waals surface area contributed by atoms with Gasteiger partial charge in [-0.2, -0.15) is 0 Å². The van der Waals surface area contributed by atoms with Crippen molar-refractivity contribution in [3.05, 3.63) is 61.1 Å². The second-order valence-corrected chi connectivity index (χ2v) is 5.72. The van der Waals surface area contributed by atoms with E-state index < -0.39 is 0 Å². The van der Waals surface area contributed by atoms with Crippen LogP contribution in [0.1, 0.15) is 6.42 Å². The minimum atomic E-state index is 0.0175. The Morgan fingerprint density at radius 3 is 2.84 bits per heavy atom. The Labute approximate surface area is 145 Å². The molecule has 0 spiro atoms. The number of para-hydroxylation sites is 2. The van der Waals surface area contributed by atoms with Crippen LogP contribution in [0.3, 0.4) is 0 Å². The Bertz CT molecular complexity index is 842. The van der Waals surface area contributed by atoms with E-state index in [2.05, 4.69) is 20.3 Å². The van der Waals surface area contributed by atoms with Gasteiger partial charge in [0.2, 0.25) is 5.95 Å². The molecule has 0 amide bonds. The maximum Gasteiger partial charge on any atom is 0.223 e. The second-order valence-electron chi connectivity index (χ2n) is 5.72. The molecule has 0 radical (unpaired) electrons. The van der Waals surface area contributed by atoms with Gasteiger partial charge in [0.25, 0.3) is 0 Å². The molecule has 126 valence electrons. The first-order valence-electron chi connectivity index (χ1n) is 8.24. The predicted octanol–water partition coefficient (Wildman–Crippen LogP) is 3.18. The molecule has 3 aromatic rings.